The van der Waals surface area contributed by atoms with E-state index in [-0.39, 0.29) is 28.8 Å². The number of hydrogen-bond acceptors (Lipinski definition) is 3. The molecule has 11 atom stereocenters. The van der Waals surface area contributed by atoms with Gasteiger partial charge in [-0.15, -0.1) is 6.58 Å². The van der Waals surface area contributed by atoms with Crippen LogP contribution in [0.1, 0.15) is 105 Å². The molecule has 0 aliphatic heterocycles. The van der Waals surface area contributed by atoms with Gasteiger partial charge in [0.2, 0.25) is 0 Å². The Kier molecular flexibility index (Phi) is 5.94. The van der Waals surface area contributed by atoms with E-state index in [0.717, 1.165) is 70.6 Å². The highest BCUT2D eigenvalue weighted by molar-refractivity contribution is 5.76. The Morgan fingerprint density at radius 2 is 1.60 bits per heavy atom. The van der Waals surface area contributed by atoms with E-state index < -0.39 is 22.9 Å². The molecule has 0 spiro atoms. The monoisotopic (exact) mass is 486 g/mol. The van der Waals surface area contributed by atoms with Crippen LogP contribution in [0.2, 0.25) is 0 Å². The van der Waals surface area contributed by atoms with Gasteiger partial charge >= 0.3 is 5.97 Å². The maximum atomic E-state index is 12.8. The van der Waals surface area contributed by atoms with Crippen LogP contribution >= 0.6 is 0 Å². The van der Waals surface area contributed by atoms with Crippen LogP contribution in [0, 0.1) is 56.7 Å². The summed E-state index contributed by atoms with van der Waals surface area (Å²) in [5.41, 5.74) is 0.651. The van der Waals surface area contributed by atoms with Crippen LogP contribution in [0.25, 0.3) is 0 Å². The molecule has 5 saturated carbocycles. The lowest BCUT2D eigenvalue weighted by atomic mass is 9.32. The molecular formula is C31H50O4. The number of aliphatic hydroxyl groups is 2. The van der Waals surface area contributed by atoms with E-state index in [1.165, 1.54) is 5.57 Å². The molecule has 0 amide bonds. The first-order valence-corrected chi connectivity index (χ1v) is 14.5. The molecule has 0 saturated heterocycles. The molecule has 0 unspecified atom stereocenters. The number of carbonyl (C=O) groups is 1. The highest BCUT2D eigenvalue weighted by atomic mass is 16.4. The minimum atomic E-state index is -0.545. The number of rotatable bonds is 4. The second-order valence-corrected chi connectivity index (χ2v) is 14.8. The predicted molar refractivity (Wildman–Crippen MR) is 139 cm³/mol. The fraction of sp³-hybridized carbons (Fsp3) is 0.903. The molecule has 5 aliphatic rings. The van der Waals surface area contributed by atoms with Crippen molar-refractivity contribution in [2.24, 2.45) is 56.7 Å². The van der Waals surface area contributed by atoms with E-state index in [2.05, 4.69) is 41.2 Å². The van der Waals surface area contributed by atoms with Crippen LogP contribution in [0.4, 0.5) is 0 Å². The maximum Gasteiger partial charge on any atom is 0.309 e. The molecule has 5 aliphatic carbocycles. The van der Waals surface area contributed by atoms with Crippen molar-refractivity contribution in [3.8, 4) is 0 Å². The molecule has 0 radical (unpaired) electrons. The second-order valence-electron chi connectivity index (χ2n) is 14.8. The molecule has 0 bridgehead atoms. The Balaban J connectivity index is 1.55. The average molecular weight is 487 g/mol. The molecule has 4 nitrogen and oxygen atoms in total. The summed E-state index contributed by atoms with van der Waals surface area (Å²) < 4.78 is 0. The number of carboxylic acid groups (broad SMARTS) is 1. The van der Waals surface area contributed by atoms with E-state index in [4.69, 9.17) is 0 Å². The van der Waals surface area contributed by atoms with Gasteiger partial charge in [-0.3, -0.25) is 4.79 Å². The van der Waals surface area contributed by atoms with Crippen molar-refractivity contribution in [1.82, 2.24) is 0 Å². The van der Waals surface area contributed by atoms with Crippen molar-refractivity contribution in [3.63, 3.8) is 0 Å². The summed E-state index contributed by atoms with van der Waals surface area (Å²) in [6.45, 7) is 16.1. The first kappa shape index (κ1) is 25.8. The molecule has 3 N–H and O–H groups in total. The largest absolute Gasteiger partial charge is 0.481 e. The van der Waals surface area contributed by atoms with Crippen LogP contribution < -0.4 is 0 Å². The molecule has 0 heterocycles. The Morgan fingerprint density at radius 1 is 0.886 bits per heavy atom. The van der Waals surface area contributed by atoms with Gasteiger partial charge in [0.15, 0.2) is 0 Å². The van der Waals surface area contributed by atoms with Gasteiger partial charge in [-0.25, -0.2) is 0 Å². The number of aliphatic carboxylic acids is 1. The highest BCUT2D eigenvalue weighted by Crippen LogP contribution is 2.77. The quantitative estimate of drug-likeness (QED) is 0.399. The number of hydrogen-bond donors (Lipinski definition) is 3. The Labute approximate surface area is 213 Å². The first-order chi connectivity index (χ1) is 16.3. The van der Waals surface area contributed by atoms with Gasteiger partial charge in [-0.2, -0.15) is 0 Å². The third-order valence-corrected chi connectivity index (χ3v) is 13.7. The SMILES string of the molecule is C=C(C)C[C@@H]1CC[C@]2(C(=O)O)CC[C@]3(C)[C@H](CC[C@@H]4[C@@]5(C)CC[C@H](O)[C@@](C)(CO)[C@@H]5CC[C@]43C)[C@@H]12. The normalized spacial score (nSPS) is 55.3. The van der Waals surface area contributed by atoms with Crippen LogP contribution in [-0.4, -0.2) is 34.0 Å². The highest BCUT2D eigenvalue weighted by Gasteiger charge is 2.72. The lowest BCUT2D eigenvalue weighted by Gasteiger charge is -2.72. The summed E-state index contributed by atoms with van der Waals surface area (Å²) in [6, 6.07) is 0. The van der Waals surface area contributed by atoms with Crippen LogP contribution in [-0.2, 0) is 4.79 Å². The lowest BCUT2D eigenvalue weighted by Crippen LogP contribution is -2.67. The fourth-order valence-electron chi connectivity index (χ4n) is 11.8. The minimum absolute atomic E-state index is 0.0591. The summed E-state index contributed by atoms with van der Waals surface area (Å²) in [6.07, 6.45) is 10.6. The average Bonchev–Trinajstić information content (AvgIpc) is 3.16. The topological polar surface area (TPSA) is 77.8 Å². The zero-order valence-corrected chi connectivity index (χ0v) is 22.9. The number of allylic oxidation sites excluding steroid dienone is 1. The standard InChI is InChI=1S/C31H50O4/c1-19(2)17-20-9-14-31(26(34)35)16-15-29(5)21(25(20)31)7-8-23-27(3)12-11-24(33)28(4,18-32)22(27)10-13-30(23,29)6/h20-25,32-33H,1,7-18H2,2-6H3,(H,34,35)/t20-,21+,22+,23+,24-,25+,27-,28-,29+,30+,31-/m0/s1. The van der Waals surface area contributed by atoms with E-state index in [0.29, 0.717) is 23.7 Å². The molecule has 5 fully saturated rings. The third kappa shape index (κ3) is 3.14. The minimum Gasteiger partial charge on any atom is -0.481 e. The number of carboxylic acids is 1. The molecule has 35 heavy (non-hydrogen) atoms. The smallest absolute Gasteiger partial charge is 0.309 e. The van der Waals surface area contributed by atoms with Gasteiger partial charge in [-0.05, 0) is 123 Å². The van der Waals surface area contributed by atoms with Crippen molar-refractivity contribution >= 4 is 5.97 Å². The van der Waals surface area contributed by atoms with Crippen molar-refractivity contribution in [3.05, 3.63) is 12.2 Å². The van der Waals surface area contributed by atoms with Crippen LogP contribution in [0.5, 0.6) is 0 Å². The van der Waals surface area contributed by atoms with E-state index in [1.807, 2.05) is 0 Å². The van der Waals surface area contributed by atoms with Crippen LogP contribution in [0.3, 0.4) is 0 Å². The first-order valence-electron chi connectivity index (χ1n) is 14.5. The molecule has 0 aromatic heterocycles. The summed E-state index contributed by atoms with van der Waals surface area (Å²) in [5.74, 6) is 1.52. The third-order valence-electron chi connectivity index (χ3n) is 13.7. The van der Waals surface area contributed by atoms with Crippen molar-refractivity contribution < 1.29 is 20.1 Å². The van der Waals surface area contributed by atoms with E-state index in [9.17, 15) is 20.1 Å². The Morgan fingerprint density at radius 3 is 2.23 bits per heavy atom. The second kappa shape index (κ2) is 8.06. The zero-order valence-electron chi connectivity index (χ0n) is 22.9. The summed E-state index contributed by atoms with van der Waals surface area (Å²) in [4.78, 5) is 12.8. The van der Waals surface area contributed by atoms with Crippen molar-refractivity contribution in [2.75, 3.05) is 6.61 Å². The van der Waals surface area contributed by atoms with Gasteiger partial charge in [0, 0.05) is 5.41 Å². The van der Waals surface area contributed by atoms with E-state index in [1.54, 1.807) is 0 Å². The van der Waals surface area contributed by atoms with Gasteiger partial charge in [0.25, 0.3) is 0 Å². The molecule has 0 aromatic rings. The molecule has 0 aromatic carbocycles. The summed E-state index contributed by atoms with van der Waals surface area (Å²) in [5, 5.41) is 31.9. The Bertz CT molecular complexity index is 898. The van der Waals surface area contributed by atoms with Gasteiger partial charge in [-0.1, -0.05) is 33.3 Å². The summed E-state index contributed by atoms with van der Waals surface area (Å²) >= 11 is 0. The molecule has 5 rings (SSSR count). The van der Waals surface area contributed by atoms with E-state index >= 15 is 0 Å². The van der Waals surface area contributed by atoms with Gasteiger partial charge in [0.1, 0.15) is 0 Å². The molecule has 198 valence electrons. The number of fused-ring (bicyclic) bond motifs is 7. The van der Waals surface area contributed by atoms with Gasteiger partial charge < -0.3 is 15.3 Å². The number of aliphatic hydroxyl groups excluding tert-OH is 2. The molecular weight excluding hydrogens is 436 g/mol. The Hall–Kier alpha value is -0.870. The molecule has 4 heteroatoms. The predicted octanol–water partition coefficient (Wildman–Crippen LogP) is 6.45. The summed E-state index contributed by atoms with van der Waals surface area (Å²) in [7, 11) is 0. The van der Waals surface area contributed by atoms with Crippen molar-refractivity contribution in [1.29, 1.82) is 0 Å². The van der Waals surface area contributed by atoms with Crippen molar-refractivity contribution in [2.45, 2.75) is 111 Å². The van der Waals surface area contributed by atoms with Crippen LogP contribution in [0.15, 0.2) is 12.2 Å². The maximum absolute atomic E-state index is 12.8. The van der Waals surface area contributed by atoms with Gasteiger partial charge in [0.05, 0.1) is 18.1 Å². The zero-order chi connectivity index (χ0) is 25.6. The lowest BCUT2D eigenvalue weighted by molar-refractivity contribution is -0.254. The fourth-order valence-corrected chi connectivity index (χ4v) is 11.8.